The standard InChI is InChI=1S/C12H26N2O2/c1-6-7-8-12(5,9-13)14-10(15)16-11(2,3)4/h6-9,13H2,1-5H3,(H,14,15)/t12-/m1/s1. The van der Waals surface area contributed by atoms with Gasteiger partial charge in [-0.2, -0.15) is 0 Å². The number of unbranched alkanes of at least 4 members (excludes halogenated alkanes) is 1. The van der Waals surface area contributed by atoms with Crippen LogP contribution in [0.25, 0.3) is 0 Å². The maximum absolute atomic E-state index is 11.6. The molecule has 0 fully saturated rings. The third-order valence-corrected chi connectivity index (χ3v) is 2.34. The SMILES string of the molecule is CCCC[C@](C)(CN)NC(=O)OC(C)(C)C. The molecule has 0 aromatic rings. The highest BCUT2D eigenvalue weighted by Gasteiger charge is 2.26. The summed E-state index contributed by atoms with van der Waals surface area (Å²) in [5, 5.41) is 2.85. The van der Waals surface area contributed by atoms with Crippen LogP contribution in [0, 0.1) is 0 Å². The van der Waals surface area contributed by atoms with Crippen LogP contribution in [0.3, 0.4) is 0 Å². The molecule has 4 heteroatoms. The van der Waals surface area contributed by atoms with Gasteiger partial charge in [-0.25, -0.2) is 4.79 Å². The number of nitrogens with two attached hydrogens (primary N) is 1. The fourth-order valence-electron chi connectivity index (χ4n) is 1.33. The van der Waals surface area contributed by atoms with Gasteiger partial charge in [-0.1, -0.05) is 19.8 Å². The van der Waals surface area contributed by atoms with Crippen LogP contribution in [-0.2, 0) is 4.74 Å². The molecule has 0 aliphatic heterocycles. The van der Waals surface area contributed by atoms with Gasteiger partial charge in [-0.05, 0) is 34.1 Å². The van der Waals surface area contributed by atoms with E-state index in [9.17, 15) is 4.79 Å². The Morgan fingerprint density at radius 3 is 2.25 bits per heavy atom. The molecule has 1 atom stereocenters. The van der Waals surface area contributed by atoms with E-state index in [1.807, 2.05) is 27.7 Å². The Bertz CT molecular complexity index is 224. The molecule has 0 bridgehead atoms. The molecule has 96 valence electrons. The summed E-state index contributed by atoms with van der Waals surface area (Å²) in [7, 11) is 0. The minimum atomic E-state index is -0.468. The number of nitrogens with one attached hydrogen (secondary N) is 1. The van der Waals surface area contributed by atoms with Gasteiger partial charge in [0.2, 0.25) is 0 Å². The van der Waals surface area contributed by atoms with Crippen molar-refractivity contribution in [1.29, 1.82) is 0 Å². The molecule has 0 saturated carbocycles. The van der Waals surface area contributed by atoms with E-state index in [4.69, 9.17) is 10.5 Å². The van der Waals surface area contributed by atoms with Crippen molar-refractivity contribution in [3.63, 3.8) is 0 Å². The molecule has 0 rings (SSSR count). The minimum absolute atomic E-state index is 0.363. The average molecular weight is 230 g/mol. The van der Waals surface area contributed by atoms with Crippen molar-refractivity contribution in [3.05, 3.63) is 0 Å². The van der Waals surface area contributed by atoms with Gasteiger partial charge in [0.25, 0.3) is 0 Å². The Hall–Kier alpha value is -0.770. The van der Waals surface area contributed by atoms with Crippen LogP contribution >= 0.6 is 0 Å². The van der Waals surface area contributed by atoms with E-state index >= 15 is 0 Å². The highest BCUT2D eigenvalue weighted by Crippen LogP contribution is 2.14. The van der Waals surface area contributed by atoms with Crippen molar-refractivity contribution >= 4 is 6.09 Å². The second-order valence-electron chi connectivity index (χ2n) is 5.50. The zero-order chi connectivity index (χ0) is 12.8. The second-order valence-corrected chi connectivity index (χ2v) is 5.50. The Balaban J connectivity index is 4.25. The Kier molecular flexibility index (Phi) is 5.79. The van der Waals surface area contributed by atoms with Crippen molar-refractivity contribution in [2.75, 3.05) is 6.54 Å². The Morgan fingerprint density at radius 1 is 1.31 bits per heavy atom. The molecule has 0 aliphatic carbocycles. The van der Waals surface area contributed by atoms with Crippen LogP contribution in [0.2, 0.25) is 0 Å². The molecule has 0 aromatic heterocycles. The largest absolute Gasteiger partial charge is 0.444 e. The normalized spacial score (nSPS) is 15.4. The Morgan fingerprint density at radius 2 is 1.88 bits per heavy atom. The first-order chi connectivity index (χ1) is 7.22. The molecule has 0 radical (unpaired) electrons. The number of carbonyl (C=O) groups is 1. The van der Waals surface area contributed by atoms with E-state index < -0.39 is 11.7 Å². The lowest BCUT2D eigenvalue weighted by molar-refractivity contribution is 0.0461. The van der Waals surface area contributed by atoms with Crippen LogP contribution in [0.5, 0.6) is 0 Å². The van der Waals surface area contributed by atoms with Gasteiger partial charge in [0.05, 0.1) is 5.54 Å². The molecule has 3 N–H and O–H groups in total. The van der Waals surface area contributed by atoms with Gasteiger partial charge in [0.1, 0.15) is 5.60 Å². The van der Waals surface area contributed by atoms with Crippen LogP contribution < -0.4 is 11.1 Å². The minimum Gasteiger partial charge on any atom is -0.444 e. The highest BCUT2D eigenvalue weighted by molar-refractivity contribution is 5.68. The highest BCUT2D eigenvalue weighted by atomic mass is 16.6. The third-order valence-electron chi connectivity index (χ3n) is 2.34. The number of rotatable bonds is 5. The average Bonchev–Trinajstić information content (AvgIpc) is 2.11. The number of alkyl carbamates (subject to hydrolysis) is 1. The number of hydrogen-bond acceptors (Lipinski definition) is 3. The first-order valence-corrected chi connectivity index (χ1v) is 5.93. The lowest BCUT2D eigenvalue weighted by atomic mass is 9.95. The zero-order valence-electron chi connectivity index (χ0n) is 11.2. The summed E-state index contributed by atoms with van der Waals surface area (Å²) < 4.78 is 5.21. The molecule has 0 spiro atoms. The van der Waals surface area contributed by atoms with E-state index in [2.05, 4.69) is 12.2 Å². The van der Waals surface area contributed by atoms with E-state index in [0.29, 0.717) is 6.54 Å². The van der Waals surface area contributed by atoms with E-state index in [1.54, 1.807) is 0 Å². The summed E-state index contributed by atoms with van der Waals surface area (Å²) in [6.07, 6.45) is 2.62. The van der Waals surface area contributed by atoms with Crippen LogP contribution in [-0.4, -0.2) is 23.8 Å². The summed E-state index contributed by atoms with van der Waals surface area (Å²) >= 11 is 0. The molecule has 0 aliphatic rings. The van der Waals surface area contributed by atoms with Gasteiger partial charge in [0.15, 0.2) is 0 Å². The summed E-state index contributed by atoms with van der Waals surface area (Å²) in [6.45, 7) is 10.0. The van der Waals surface area contributed by atoms with Crippen molar-refractivity contribution < 1.29 is 9.53 Å². The molecular weight excluding hydrogens is 204 g/mol. The van der Waals surface area contributed by atoms with Crippen molar-refractivity contribution in [2.45, 2.75) is 65.0 Å². The predicted molar refractivity (Wildman–Crippen MR) is 66.4 cm³/mol. The van der Waals surface area contributed by atoms with E-state index in [1.165, 1.54) is 0 Å². The first kappa shape index (κ1) is 15.2. The van der Waals surface area contributed by atoms with Gasteiger partial charge in [0, 0.05) is 6.54 Å². The molecular formula is C12H26N2O2. The van der Waals surface area contributed by atoms with Crippen molar-refractivity contribution in [2.24, 2.45) is 5.73 Å². The van der Waals surface area contributed by atoms with Crippen LogP contribution in [0.1, 0.15) is 53.9 Å². The summed E-state index contributed by atoms with van der Waals surface area (Å²) in [5.74, 6) is 0. The zero-order valence-corrected chi connectivity index (χ0v) is 11.2. The molecule has 0 aromatic carbocycles. The number of ether oxygens (including phenoxy) is 1. The van der Waals surface area contributed by atoms with Gasteiger partial charge < -0.3 is 15.8 Å². The monoisotopic (exact) mass is 230 g/mol. The van der Waals surface area contributed by atoms with Gasteiger partial charge >= 0.3 is 6.09 Å². The third kappa shape index (κ3) is 6.67. The molecule has 0 unspecified atom stereocenters. The van der Waals surface area contributed by atoms with Crippen molar-refractivity contribution in [3.8, 4) is 0 Å². The topological polar surface area (TPSA) is 64.3 Å². The lowest BCUT2D eigenvalue weighted by Gasteiger charge is -2.30. The second kappa shape index (κ2) is 6.09. The number of carbonyl (C=O) groups excluding carboxylic acids is 1. The maximum Gasteiger partial charge on any atom is 0.408 e. The summed E-state index contributed by atoms with van der Waals surface area (Å²) in [5.41, 5.74) is 4.86. The first-order valence-electron chi connectivity index (χ1n) is 5.93. The number of hydrogen-bond donors (Lipinski definition) is 2. The smallest absolute Gasteiger partial charge is 0.408 e. The van der Waals surface area contributed by atoms with Crippen molar-refractivity contribution in [1.82, 2.24) is 5.32 Å². The molecule has 0 saturated heterocycles. The predicted octanol–water partition coefficient (Wildman–Crippen LogP) is 2.42. The van der Waals surface area contributed by atoms with Crippen LogP contribution in [0.4, 0.5) is 4.79 Å². The van der Waals surface area contributed by atoms with Gasteiger partial charge in [-0.15, -0.1) is 0 Å². The quantitative estimate of drug-likeness (QED) is 0.762. The summed E-state index contributed by atoms with van der Waals surface area (Å²) in [6, 6.07) is 0. The van der Waals surface area contributed by atoms with E-state index in [0.717, 1.165) is 19.3 Å². The van der Waals surface area contributed by atoms with E-state index in [-0.39, 0.29) is 5.54 Å². The molecule has 16 heavy (non-hydrogen) atoms. The number of amides is 1. The fraction of sp³-hybridized carbons (Fsp3) is 0.917. The molecule has 1 amide bonds. The molecule has 0 heterocycles. The fourth-order valence-corrected chi connectivity index (χ4v) is 1.33. The summed E-state index contributed by atoms with van der Waals surface area (Å²) in [4.78, 5) is 11.6. The van der Waals surface area contributed by atoms with Crippen LogP contribution in [0.15, 0.2) is 0 Å². The molecule has 4 nitrogen and oxygen atoms in total. The van der Waals surface area contributed by atoms with Gasteiger partial charge in [-0.3, -0.25) is 0 Å². The Labute approximate surface area is 98.9 Å². The maximum atomic E-state index is 11.6. The lowest BCUT2D eigenvalue weighted by Crippen LogP contribution is -2.52.